The van der Waals surface area contributed by atoms with Crippen LogP contribution in [0.5, 0.6) is 5.75 Å². The predicted molar refractivity (Wildman–Crippen MR) is 125 cm³/mol. The number of amides is 1. The molecule has 1 atom stereocenters. The normalized spacial score (nSPS) is 19.9. The second-order valence-electron chi connectivity index (χ2n) is 8.94. The minimum absolute atomic E-state index is 0.0895. The summed E-state index contributed by atoms with van der Waals surface area (Å²) in [7, 11) is 2.15. The number of aryl methyl sites for hydroxylation is 1. The lowest BCUT2D eigenvalue weighted by Gasteiger charge is -2.46. The molecular formula is C26H30N4O2. The van der Waals surface area contributed by atoms with Crippen molar-refractivity contribution in [2.24, 2.45) is 0 Å². The molecule has 2 aliphatic heterocycles. The Hall–Kier alpha value is -3.12. The lowest BCUT2D eigenvalue weighted by Crippen LogP contribution is -2.51. The van der Waals surface area contributed by atoms with Crippen LogP contribution in [-0.2, 0) is 6.54 Å². The third-order valence-electron chi connectivity index (χ3n) is 6.83. The fourth-order valence-corrected chi connectivity index (χ4v) is 5.01. The first-order chi connectivity index (χ1) is 15.6. The van der Waals surface area contributed by atoms with Gasteiger partial charge in [-0.05, 0) is 32.9 Å². The SMILES string of the molecule is CCn1ncc(C(=O)NC2CC3(CCN(C)CC3)Oc3ccccc32)c1-c1ccccc1. The Labute approximate surface area is 189 Å². The Bertz CT molecular complexity index is 1100. The lowest BCUT2D eigenvalue weighted by atomic mass is 9.80. The van der Waals surface area contributed by atoms with Crippen molar-refractivity contribution in [1.29, 1.82) is 0 Å². The van der Waals surface area contributed by atoms with Gasteiger partial charge in [0.2, 0.25) is 0 Å². The molecule has 1 aromatic heterocycles. The minimum atomic E-state index is -0.228. The fraction of sp³-hybridized carbons (Fsp3) is 0.385. The zero-order valence-electron chi connectivity index (χ0n) is 18.8. The second kappa shape index (κ2) is 8.43. The van der Waals surface area contributed by atoms with E-state index >= 15 is 0 Å². The van der Waals surface area contributed by atoms with Gasteiger partial charge in [-0.15, -0.1) is 0 Å². The number of carbonyl (C=O) groups is 1. The van der Waals surface area contributed by atoms with E-state index in [0.29, 0.717) is 12.1 Å². The zero-order chi connectivity index (χ0) is 22.1. The number of aromatic nitrogens is 2. The van der Waals surface area contributed by atoms with Gasteiger partial charge in [-0.25, -0.2) is 0 Å². The Balaban J connectivity index is 1.46. The molecule has 2 aromatic carbocycles. The van der Waals surface area contributed by atoms with Gasteiger partial charge in [-0.2, -0.15) is 5.10 Å². The van der Waals surface area contributed by atoms with Gasteiger partial charge in [0.15, 0.2) is 0 Å². The number of likely N-dealkylation sites (tertiary alicyclic amines) is 1. The van der Waals surface area contributed by atoms with E-state index in [4.69, 9.17) is 4.74 Å². The standard InChI is InChI=1S/C26H30N4O2/c1-3-30-24(19-9-5-4-6-10-19)21(18-27-30)25(31)28-22-17-26(13-15-29(2)16-14-26)32-23-12-8-7-11-20(22)23/h4-12,18,22H,3,13-17H2,1-2H3,(H,28,31). The molecule has 0 aliphatic carbocycles. The van der Waals surface area contributed by atoms with Crippen molar-refractivity contribution in [1.82, 2.24) is 20.0 Å². The Morgan fingerprint density at radius 1 is 1.12 bits per heavy atom. The monoisotopic (exact) mass is 430 g/mol. The fourth-order valence-electron chi connectivity index (χ4n) is 5.01. The first-order valence-electron chi connectivity index (χ1n) is 11.5. The highest BCUT2D eigenvalue weighted by atomic mass is 16.5. The van der Waals surface area contributed by atoms with E-state index in [-0.39, 0.29) is 17.6 Å². The predicted octanol–water partition coefficient (Wildman–Crippen LogP) is 4.29. The van der Waals surface area contributed by atoms with Gasteiger partial charge in [0.25, 0.3) is 5.91 Å². The third-order valence-corrected chi connectivity index (χ3v) is 6.83. The van der Waals surface area contributed by atoms with Crippen LogP contribution in [-0.4, -0.2) is 46.3 Å². The molecule has 6 nitrogen and oxygen atoms in total. The Morgan fingerprint density at radius 2 is 1.84 bits per heavy atom. The van der Waals surface area contributed by atoms with Crippen molar-refractivity contribution < 1.29 is 9.53 Å². The van der Waals surface area contributed by atoms with Crippen LogP contribution in [0.1, 0.15) is 48.1 Å². The molecule has 1 amide bonds. The van der Waals surface area contributed by atoms with E-state index in [0.717, 1.165) is 54.9 Å². The van der Waals surface area contributed by atoms with Gasteiger partial charge in [-0.1, -0.05) is 48.5 Å². The summed E-state index contributed by atoms with van der Waals surface area (Å²) in [5, 5.41) is 7.82. The quantitative estimate of drug-likeness (QED) is 0.671. The number of fused-ring (bicyclic) bond motifs is 1. The zero-order valence-corrected chi connectivity index (χ0v) is 18.8. The summed E-state index contributed by atoms with van der Waals surface area (Å²) in [5.41, 5.74) is 3.29. The van der Waals surface area contributed by atoms with Crippen LogP contribution < -0.4 is 10.1 Å². The molecule has 1 unspecified atom stereocenters. The summed E-state index contributed by atoms with van der Waals surface area (Å²) < 4.78 is 8.44. The average Bonchev–Trinajstić information content (AvgIpc) is 3.26. The van der Waals surface area contributed by atoms with Crippen molar-refractivity contribution in [3.05, 3.63) is 71.9 Å². The molecule has 6 heteroatoms. The highest BCUT2D eigenvalue weighted by Crippen LogP contribution is 2.44. The van der Waals surface area contributed by atoms with Crippen LogP contribution in [0.2, 0.25) is 0 Å². The molecule has 1 N–H and O–H groups in total. The minimum Gasteiger partial charge on any atom is -0.487 e. The number of benzene rings is 2. The van der Waals surface area contributed by atoms with Crippen molar-refractivity contribution in [2.75, 3.05) is 20.1 Å². The highest BCUT2D eigenvalue weighted by Gasteiger charge is 2.43. The molecule has 1 fully saturated rings. The largest absolute Gasteiger partial charge is 0.487 e. The molecule has 3 aromatic rings. The number of nitrogens with zero attached hydrogens (tertiary/aromatic N) is 3. The molecule has 5 rings (SSSR count). The number of carbonyl (C=O) groups excluding carboxylic acids is 1. The van der Waals surface area contributed by atoms with Gasteiger partial charge >= 0.3 is 0 Å². The van der Waals surface area contributed by atoms with E-state index in [1.54, 1.807) is 6.20 Å². The third kappa shape index (κ3) is 3.79. The lowest BCUT2D eigenvalue weighted by molar-refractivity contribution is -0.0195. The smallest absolute Gasteiger partial charge is 0.255 e. The number of hydrogen-bond donors (Lipinski definition) is 1. The molecular weight excluding hydrogens is 400 g/mol. The van der Waals surface area contributed by atoms with Gasteiger partial charge in [0, 0.05) is 37.2 Å². The average molecular weight is 431 g/mol. The maximum absolute atomic E-state index is 13.6. The van der Waals surface area contributed by atoms with E-state index in [2.05, 4.69) is 28.4 Å². The Morgan fingerprint density at radius 3 is 2.59 bits per heavy atom. The molecule has 0 radical (unpaired) electrons. The Kier molecular flexibility index (Phi) is 5.47. The van der Waals surface area contributed by atoms with Gasteiger partial charge in [0.1, 0.15) is 11.4 Å². The van der Waals surface area contributed by atoms with Crippen LogP contribution in [0.3, 0.4) is 0 Å². The summed E-state index contributed by atoms with van der Waals surface area (Å²) >= 11 is 0. The number of piperidine rings is 1. The molecule has 0 bridgehead atoms. The number of para-hydroxylation sites is 1. The number of rotatable bonds is 4. The molecule has 1 spiro atoms. The molecule has 2 aliphatic rings. The first kappa shape index (κ1) is 20.8. The summed E-state index contributed by atoms with van der Waals surface area (Å²) in [5.74, 6) is 0.800. The molecule has 0 saturated carbocycles. The first-order valence-corrected chi connectivity index (χ1v) is 11.5. The van der Waals surface area contributed by atoms with Crippen molar-refractivity contribution in [2.45, 2.75) is 44.4 Å². The second-order valence-corrected chi connectivity index (χ2v) is 8.94. The number of nitrogens with one attached hydrogen (secondary N) is 1. The van der Waals surface area contributed by atoms with E-state index in [1.165, 1.54) is 0 Å². The number of ether oxygens (including phenoxy) is 1. The molecule has 1 saturated heterocycles. The van der Waals surface area contributed by atoms with Crippen LogP contribution >= 0.6 is 0 Å². The maximum Gasteiger partial charge on any atom is 0.255 e. The summed E-state index contributed by atoms with van der Waals surface area (Å²) in [6, 6.07) is 18.0. The van der Waals surface area contributed by atoms with Gasteiger partial charge < -0.3 is 15.0 Å². The van der Waals surface area contributed by atoms with Crippen molar-refractivity contribution in [3.63, 3.8) is 0 Å². The highest BCUT2D eigenvalue weighted by molar-refractivity contribution is 6.00. The molecule has 166 valence electrons. The maximum atomic E-state index is 13.6. The van der Waals surface area contributed by atoms with E-state index in [9.17, 15) is 4.79 Å². The summed E-state index contributed by atoms with van der Waals surface area (Å²) in [6.07, 6.45) is 4.41. The van der Waals surface area contributed by atoms with Gasteiger partial charge in [-0.3, -0.25) is 9.48 Å². The summed E-state index contributed by atoms with van der Waals surface area (Å²) in [4.78, 5) is 15.9. The van der Waals surface area contributed by atoms with Gasteiger partial charge in [0.05, 0.1) is 23.5 Å². The topological polar surface area (TPSA) is 59.4 Å². The van der Waals surface area contributed by atoms with Crippen LogP contribution in [0.15, 0.2) is 60.8 Å². The van der Waals surface area contributed by atoms with Crippen molar-refractivity contribution in [3.8, 4) is 17.0 Å². The van der Waals surface area contributed by atoms with Crippen LogP contribution in [0, 0.1) is 0 Å². The molecule has 32 heavy (non-hydrogen) atoms. The van der Waals surface area contributed by atoms with Crippen LogP contribution in [0.4, 0.5) is 0 Å². The molecule has 3 heterocycles. The van der Waals surface area contributed by atoms with E-state index in [1.807, 2.05) is 60.1 Å². The van der Waals surface area contributed by atoms with Crippen LogP contribution in [0.25, 0.3) is 11.3 Å². The summed E-state index contributed by atoms with van der Waals surface area (Å²) in [6.45, 7) is 4.75. The number of hydrogen-bond acceptors (Lipinski definition) is 4. The van der Waals surface area contributed by atoms with Crippen molar-refractivity contribution >= 4 is 5.91 Å². The van der Waals surface area contributed by atoms with E-state index < -0.39 is 0 Å².